The van der Waals surface area contributed by atoms with Gasteiger partial charge in [0.2, 0.25) is 0 Å². The minimum atomic E-state index is -1.38. The molecule has 0 saturated heterocycles. The number of methoxy groups -OCH3 is 2. The number of hydrogen-bond acceptors (Lipinski definition) is 2. The SMILES string of the molecule is COC(C[Si](C(C)C)(C(C)C)C(C)C)OC. The van der Waals surface area contributed by atoms with E-state index in [1.807, 2.05) is 0 Å². The molecule has 0 rings (SSSR count). The lowest BCUT2D eigenvalue weighted by molar-refractivity contribution is -0.0891. The van der Waals surface area contributed by atoms with E-state index in [9.17, 15) is 0 Å². The van der Waals surface area contributed by atoms with E-state index in [2.05, 4.69) is 41.5 Å². The zero-order chi connectivity index (χ0) is 12.9. The lowest BCUT2D eigenvalue weighted by atomic mass is 10.5. The molecule has 0 bridgehead atoms. The number of ether oxygens (including phenoxy) is 2. The van der Waals surface area contributed by atoms with E-state index in [-0.39, 0.29) is 6.29 Å². The fourth-order valence-electron chi connectivity index (χ4n) is 3.26. The van der Waals surface area contributed by atoms with Gasteiger partial charge in [-0.15, -0.1) is 0 Å². The van der Waals surface area contributed by atoms with Gasteiger partial charge in [0.25, 0.3) is 0 Å². The third kappa shape index (κ3) is 3.31. The van der Waals surface area contributed by atoms with Crippen LogP contribution < -0.4 is 0 Å². The minimum Gasteiger partial charge on any atom is -0.356 e. The molecule has 0 aliphatic heterocycles. The Labute approximate surface area is 103 Å². The number of rotatable bonds is 7. The minimum absolute atomic E-state index is 0.0288. The summed E-state index contributed by atoms with van der Waals surface area (Å²) >= 11 is 0. The second-order valence-corrected chi connectivity index (χ2v) is 11.8. The van der Waals surface area contributed by atoms with Crippen LogP contribution in [0.25, 0.3) is 0 Å². The maximum atomic E-state index is 5.42. The first-order valence-corrected chi connectivity index (χ1v) is 8.82. The molecule has 2 nitrogen and oxygen atoms in total. The van der Waals surface area contributed by atoms with Crippen LogP contribution in [0.2, 0.25) is 22.7 Å². The third-order valence-electron chi connectivity index (χ3n) is 4.27. The summed E-state index contributed by atoms with van der Waals surface area (Å²) in [5.74, 6) is 0. The molecule has 0 radical (unpaired) electrons. The smallest absolute Gasteiger partial charge is 0.154 e. The van der Waals surface area contributed by atoms with Crippen LogP contribution in [0, 0.1) is 0 Å². The van der Waals surface area contributed by atoms with E-state index in [0.717, 1.165) is 22.7 Å². The first kappa shape index (κ1) is 16.1. The molecule has 0 unspecified atom stereocenters. The molecule has 0 aromatic rings. The van der Waals surface area contributed by atoms with Crippen molar-refractivity contribution in [2.24, 2.45) is 0 Å². The highest BCUT2D eigenvalue weighted by atomic mass is 28.3. The van der Waals surface area contributed by atoms with Crippen molar-refractivity contribution < 1.29 is 9.47 Å². The van der Waals surface area contributed by atoms with Gasteiger partial charge in [0.15, 0.2) is 6.29 Å². The van der Waals surface area contributed by atoms with Gasteiger partial charge in [-0.2, -0.15) is 0 Å². The summed E-state index contributed by atoms with van der Waals surface area (Å²) < 4.78 is 10.8. The molecule has 3 heteroatoms. The van der Waals surface area contributed by atoms with Crippen molar-refractivity contribution >= 4 is 8.07 Å². The van der Waals surface area contributed by atoms with Gasteiger partial charge < -0.3 is 9.47 Å². The molecule has 98 valence electrons. The van der Waals surface area contributed by atoms with Crippen LogP contribution in [-0.2, 0) is 9.47 Å². The Morgan fingerprint density at radius 3 is 1.25 bits per heavy atom. The quantitative estimate of drug-likeness (QED) is 0.493. The fourth-order valence-corrected chi connectivity index (χ4v) is 9.58. The molecule has 16 heavy (non-hydrogen) atoms. The Kier molecular flexibility index (Phi) is 6.83. The monoisotopic (exact) mass is 246 g/mol. The Hall–Kier alpha value is 0.137. The molecule has 0 N–H and O–H groups in total. The highest BCUT2D eigenvalue weighted by Crippen LogP contribution is 2.45. The molecule has 0 aliphatic carbocycles. The van der Waals surface area contributed by atoms with Crippen molar-refractivity contribution in [3.8, 4) is 0 Å². The Morgan fingerprint density at radius 2 is 1.06 bits per heavy atom. The lowest BCUT2D eigenvalue weighted by Gasteiger charge is -2.44. The second kappa shape index (κ2) is 6.77. The first-order valence-electron chi connectivity index (χ1n) is 6.38. The van der Waals surface area contributed by atoms with Crippen molar-refractivity contribution in [2.75, 3.05) is 14.2 Å². The van der Waals surface area contributed by atoms with Crippen LogP contribution in [0.5, 0.6) is 0 Å². The van der Waals surface area contributed by atoms with Crippen LogP contribution in [-0.4, -0.2) is 28.6 Å². The molecule has 0 spiro atoms. The molecular weight excluding hydrogens is 216 g/mol. The molecule has 0 saturated carbocycles. The zero-order valence-corrected chi connectivity index (χ0v) is 13.3. The molecular formula is C13H30O2Si. The van der Waals surface area contributed by atoms with Crippen LogP contribution in [0.3, 0.4) is 0 Å². The Balaban J connectivity index is 5.04. The predicted molar refractivity (Wildman–Crippen MR) is 73.7 cm³/mol. The summed E-state index contributed by atoms with van der Waals surface area (Å²) in [7, 11) is 2.11. The van der Waals surface area contributed by atoms with E-state index in [1.165, 1.54) is 0 Å². The van der Waals surface area contributed by atoms with Gasteiger partial charge in [-0.1, -0.05) is 58.2 Å². The standard InChI is InChI=1S/C13H30O2Si/c1-10(2)16(11(3)4,12(5)6)9-13(14-7)15-8/h10-13H,9H2,1-8H3. The topological polar surface area (TPSA) is 18.5 Å². The first-order chi connectivity index (χ1) is 7.32. The van der Waals surface area contributed by atoms with Crippen molar-refractivity contribution in [2.45, 2.75) is 70.5 Å². The van der Waals surface area contributed by atoms with Gasteiger partial charge in [0.1, 0.15) is 0 Å². The molecule has 0 aliphatic rings. The largest absolute Gasteiger partial charge is 0.356 e. The van der Waals surface area contributed by atoms with Crippen molar-refractivity contribution in [1.29, 1.82) is 0 Å². The van der Waals surface area contributed by atoms with Crippen LogP contribution in [0.4, 0.5) is 0 Å². The van der Waals surface area contributed by atoms with Gasteiger partial charge in [-0.3, -0.25) is 0 Å². The molecule has 0 aromatic carbocycles. The van der Waals surface area contributed by atoms with Gasteiger partial charge in [0, 0.05) is 14.2 Å². The molecule has 0 amide bonds. The lowest BCUT2D eigenvalue weighted by Crippen LogP contribution is -2.47. The van der Waals surface area contributed by atoms with E-state index >= 15 is 0 Å². The van der Waals surface area contributed by atoms with E-state index < -0.39 is 8.07 Å². The highest BCUT2D eigenvalue weighted by molar-refractivity contribution is 6.83. The third-order valence-corrected chi connectivity index (χ3v) is 11.8. The average Bonchev–Trinajstić information content (AvgIpc) is 2.18. The second-order valence-electron chi connectivity index (χ2n) is 5.68. The van der Waals surface area contributed by atoms with Crippen molar-refractivity contribution in [1.82, 2.24) is 0 Å². The highest BCUT2D eigenvalue weighted by Gasteiger charge is 2.44. The van der Waals surface area contributed by atoms with Gasteiger partial charge >= 0.3 is 0 Å². The summed E-state index contributed by atoms with van der Waals surface area (Å²) in [6.45, 7) is 14.2. The van der Waals surface area contributed by atoms with Gasteiger partial charge in [0.05, 0.1) is 8.07 Å². The fraction of sp³-hybridized carbons (Fsp3) is 1.00. The maximum Gasteiger partial charge on any atom is 0.154 e. The van der Waals surface area contributed by atoms with E-state index in [4.69, 9.17) is 9.47 Å². The molecule has 0 atom stereocenters. The van der Waals surface area contributed by atoms with Crippen LogP contribution in [0.1, 0.15) is 41.5 Å². The van der Waals surface area contributed by atoms with Gasteiger partial charge in [-0.05, 0) is 6.04 Å². The van der Waals surface area contributed by atoms with E-state index in [1.54, 1.807) is 14.2 Å². The molecule has 0 fully saturated rings. The molecule has 0 heterocycles. The Morgan fingerprint density at radius 1 is 0.750 bits per heavy atom. The zero-order valence-electron chi connectivity index (χ0n) is 12.3. The molecule has 0 aromatic heterocycles. The summed E-state index contributed by atoms with van der Waals surface area (Å²) in [6.07, 6.45) is -0.0288. The summed E-state index contributed by atoms with van der Waals surface area (Å²) in [5, 5.41) is 0. The number of hydrogen-bond donors (Lipinski definition) is 0. The maximum absolute atomic E-state index is 5.42. The van der Waals surface area contributed by atoms with Crippen LogP contribution >= 0.6 is 0 Å². The summed E-state index contributed by atoms with van der Waals surface area (Å²) in [4.78, 5) is 0. The van der Waals surface area contributed by atoms with E-state index in [0.29, 0.717) is 0 Å². The van der Waals surface area contributed by atoms with Crippen LogP contribution in [0.15, 0.2) is 0 Å². The normalized spacial score (nSPS) is 13.5. The predicted octanol–water partition coefficient (Wildman–Crippen LogP) is 4.28. The summed E-state index contributed by atoms with van der Waals surface area (Å²) in [5.41, 5.74) is 2.29. The Bertz CT molecular complexity index is 165. The summed E-state index contributed by atoms with van der Waals surface area (Å²) in [6, 6.07) is 1.10. The van der Waals surface area contributed by atoms with Crippen molar-refractivity contribution in [3.63, 3.8) is 0 Å². The van der Waals surface area contributed by atoms with Gasteiger partial charge in [-0.25, -0.2) is 0 Å². The van der Waals surface area contributed by atoms with Crippen molar-refractivity contribution in [3.05, 3.63) is 0 Å². The average molecular weight is 246 g/mol.